The first kappa shape index (κ1) is 21.1. The van der Waals surface area contributed by atoms with Crippen LogP contribution in [-0.4, -0.2) is 46.1 Å². The van der Waals surface area contributed by atoms with Gasteiger partial charge in [-0.05, 0) is 55.0 Å². The number of rotatable bonds is 6. The van der Waals surface area contributed by atoms with Crippen molar-refractivity contribution in [2.75, 3.05) is 40.1 Å². The van der Waals surface area contributed by atoms with Crippen molar-refractivity contribution in [2.24, 2.45) is 4.99 Å². The van der Waals surface area contributed by atoms with Crippen LogP contribution in [0.25, 0.3) is 0 Å². The molecule has 170 valence electrons. The van der Waals surface area contributed by atoms with Crippen LogP contribution in [0.15, 0.2) is 47.5 Å². The number of nitrogens with one attached hydrogen (secondary N) is 2. The van der Waals surface area contributed by atoms with Crippen molar-refractivity contribution in [1.82, 2.24) is 10.6 Å². The largest absolute Gasteiger partial charge is 0.454 e. The van der Waals surface area contributed by atoms with Crippen molar-refractivity contribution in [3.8, 4) is 11.5 Å². The highest BCUT2D eigenvalue weighted by atomic mass is 19.1. The molecule has 0 aromatic heterocycles. The van der Waals surface area contributed by atoms with E-state index in [-0.39, 0.29) is 23.4 Å². The highest BCUT2D eigenvalue weighted by Crippen LogP contribution is 2.48. The van der Waals surface area contributed by atoms with Crippen molar-refractivity contribution in [2.45, 2.75) is 36.5 Å². The van der Waals surface area contributed by atoms with Crippen molar-refractivity contribution in [1.29, 1.82) is 0 Å². The minimum atomic E-state index is -0.142. The molecule has 2 aromatic carbocycles. The number of aliphatic imine (C=N–C) groups is 1. The molecular weight excluding hydrogens is 409 g/mol. The first-order chi connectivity index (χ1) is 15.6. The van der Waals surface area contributed by atoms with Gasteiger partial charge in [-0.2, -0.15) is 0 Å². The number of halogens is 1. The monoisotopic (exact) mass is 439 g/mol. The van der Waals surface area contributed by atoms with Gasteiger partial charge in [0.1, 0.15) is 5.82 Å². The van der Waals surface area contributed by atoms with Gasteiger partial charge in [-0.15, -0.1) is 0 Å². The quantitative estimate of drug-likeness (QED) is 0.533. The number of benzene rings is 2. The highest BCUT2D eigenvalue weighted by molar-refractivity contribution is 5.80. The highest BCUT2D eigenvalue weighted by Gasteiger charge is 2.46. The zero-order chi connectivity index (χ0) is 22.0. The lowest BCUT2D eigenvalue weighted by Crippen LogP contribution is -2.49. The van der Waals surface area contributed by atoms with Crippen LogP contribution in [-0.2, 0) is 15.6 Å². The van der Waals surface area contributed by atoms with Gasteiger partial charge < -0.3 is 24.8 Å². The smallest absolute Gasteiger partial charge is 0.231 e. The summed E-state index contributed by atoms with van der Waals surface area (Å²) in [6.07, 6.45) is 3.79. The Kier molecular flexibility index (Phi) is 5.67. The molecule has 2 N–H and O–H groups in total. The summed E-state index contributed by atoms with van der Waals surface area (Å²) in [7, 11) is 1.77. The van der Waals surface area contributed by atoms with Gasteiger partial charge >= 0.3 is 0 Å². The van der Waals surface area contributed by atoms with Crippen LogP contribution in [0.2, 0.25) is 0 Å². The average Bonchev–Trinajstić information content (AvgIpc) is 3.46. The maximum absolute atomic E-state index is 14.4. The molecular formula is C25H30FN3O3. The van der Waals surface area contributed by atoms with Gasteiger partial charge in [0.2, 0.25) is 6.79 Å². The molecule has 1 saturated carbocycles. The van der Waals surface area contributed by atoms with Gasteiger partial charge in [0.25, 0.3) is 0 Å². The van der Waals surface area contributed by atoms with Crippen molar-refractivity contribution < 1.29 is 18.6 Å². The van der Waals surface area contributed by atoms with Crippen LogP contribution in [0.3, 0.4) is 0 Å². The topological polar surface area (TPSA) is 64.1 Å². The molecule has 7 heteroatoms. The number of hydrogen-bond donors (Lipinski definition) is 2. The Balaban J connectivity index is 1.27. The van der Waals surface area contributed by atoms with E-state index < -0.39 is 0 Å². The molecule has 3 aliphatic rings. The fourth-order valence-corrected chi connectivity index (χ4v) is 4.87. The summed E-state index contributed by atoms with van der Waals surface area (Å²) in [5, 5.41) is 6.97. The second kappa shape index (κ2) is 8.62. The summed E-state index contributed by atoms with van der Waals surface area (Å²) in [6.45, 7) is 3.10. The summed E-state index contributed by atoms with van der Waals surface area (Å²) < 4.78 is 31.1. The van der Waals surface area contributed by atoms with Crippen LogP contribution in [0.4, 0.5) is 4.39 Å². The summed E-state index contributed by atoms with van der Waals surface area (Å²) in [4.78, 5) is 4.43. The minimum absolute atomic E-state index is 0.0837. The Morgan fingerprint density at radius 2 is 1.66 bits per heavy atom. The molecule has 2 aromatic rings. The molecule has 1 saturated heterocycles. The lowest BCUT2D eigenvalue weighted by Gasteiger charge is -2.38. The fraction of sp³-hybridized carbons (Fsp3) is 0.480. The molecule has 0 atom stereocenters. The van der Waals surface area contributed by atoms with E-state index in [1.54, 1.807) is 19.2 Å². The summed E-state index contributed by atoms with van der Waals surface area (Å²) in [6, 6.07) is 13.3. The fourth-order valence-electron chi connectivity index (χ4n) is 4.87. The molecule has 6 nitrogen and oxygen atoms in total. The second-order valence-corrected chi connectivity index (χ2v) is 9.00. The van der Waals surface area contributed by atoms with E-state index in [4.69, 9.17) is 14.2 Å². The van der Waals surface area contributed by atoms with E-state index in [1.165, 1.54) is 5.56 Å². The van der Waals surface area contributed by atoms with Gasteiger partial charge in [0.05, 0.1) is 0 Å². The molecule has 0 radical (unpaired) electrons. The maximum Gasteiger partial charge on any atom is 0.231 e. The van der Waals surface area contributed by atoms with Crippen molar-refractivity contribution >= 4 is 5.96 Å². The third-order valence-corrected chi connectivity index (χ3v) is 7.15. The number of hydrogen-bond acceptors (Lipinski definition) is 4. The number of nitrogens with zero attached hydrogens (tertiary/aromatic N) is 1. The Bertz CT molecular complexity index is 1000. The van der Waals surface area contributed by atoms with Crippen LogP contribution >= 0.6 is 0 Å². The minimum Gasteiger partial charge on any atom is -0.454 e. The molecule has 32 heavy (non-hydrogen) atoms. The Labute approximate surface area is 188 Å². The Morgan fingerprint density at radius 3 is 2.38 bits per heavy atom. The van der Waals surface area contributed by atoms with Gasteiger partial charge in [-0.1, -0.05) is 24.3 Å². The SMILES string of the molecule is CN=C(NCC1(c2ccc3c(c2)OCO3)CCOCC1)NCC1(c2ccccc2F)CC1. The summed E-state index contributed by atoms with van der Waals surface area (Å²) in [5.41, 5.74) is 1.79. The number of guanidine groups is 1. The van der Waals surface area contributed by atoms with E-state index in [0.29, 0.717) is 6.54 Å². The molecule has 2 aliphatic heterocycles. The van der Waals surface area contributed by atoms with E-state index in [9.17, 15) is 4.39 Å². The van der Waals surface area contributed by atoms with Crippen molar-refractivity contribution in [3.63, 3.8) is 0 Å². The predicted molar refractivity (Wildman–Crippen MR) is 121 cm³/mol. The molecule has 1 aliphatic carbocycles. The molecule has 2 heterocycles. The Hall–Kier alpha value is -2.80. The molecule has 0 amide bonds. The molecule has 0 unspecified atom stereocenters. The lowest BCUT2D eigenvalue weighted by atomic mass is 9.74. The average molecular weight is 440 g/mol. The zero-order valence-corrected chi connectivity index (χ0v) is 18.5. The molecule has 5 rings (SSSR count). The van der Waals surface area contributed by atoms with E-state index in [2.05, 4.69) is 27.8 Å². The van der Waals surface area contributed by atoms with Gasteiger partial charge in [0.15, 0.2) is 17.5 Å². The molecule has 0 bridgehead atoms. The third kappa shape index (κ3) is 4.01. The maximum atomic E-state index is 14.4. The lowest BCUT2D eigenvalue weighted by molar-refractivity contribution is 0.0513. The molecule has 0 spiro atoms. The van der Waals surface area contributed by atoms with E-state index in [0.717, 1.165) is 68.5 Å². The standard InChI is InChI=1S/C25H30FN3O3/c1-27-23(29-16-25(8-9-25)19-4-2-3-5-20(19)26)28-15-24(10-12-30-13-11-24)18-6-7-21-22(14-18)32-17-31-21/h2-7,14H,8-13,15-17H2,1H3,(H2,27,28,29). The number of ether oxygens (including phenoxy) is 3. The zero-order valence-electron chi connectivity index (χ0n) is 18.5. The van der Waals surface area contributed by atoms with Crippen LogP contribution in [0, 0.1) is 5.82 Å². The van der Waals surface area contributed by atoms with Crippen LogP contribution in [0.1, 0.15) is 36.8 Å². The van der Waals surface area contributed by atoms with Crippen LogP contribution < -0.4 is 20.1 Å². The first-order valence-electron chi connectivity index (χ1n) is 11.3. The second-order valence-electron chi connectivity index (χ2n) is 9.00. The van der Waals surface area contributed by atoms with Gasteiger partial charge in [-0.25, -0.2) is 4.39 Å². The summed E-state index contributed by atoms with van der Waals surface area (Å²) in [5.74, 6) is 2.21. The Morgan fingerprint density at radius 1 is 0.938 bits per heavy atom. The van der Waals surface area contributed by atoms with Crippen molar-refractivity contribution in [3.05, 3.63) is 59.4 Å². The van der Waals surface area contributed by atoms with Crippen LogP contribution in [0.5, 0.6) is 11.5 Å². The normalized spacial score (nSPS) is 20.6. The molecule has 2 fully saturated rings. The summed E-state index contributed by atoms with van der Waals surface area (Å²) >= 11 is 0. The first-order valence-corrected chi connectivity index (χ1v) is 11.3. The van der Waals surface area contributed by atoms with Gasteiger partial charge in [0, 0.05) is 44.2 Å². The van der Waals surface area contributed by atoms with Gasteiger partial charge in [-0.3, -0.25) is 4.99 Å². The van der Waals surface area contributed by atoms with E-state index in [1.807, 2.05) is 18.2 Å². The predicted octanol–water partition coefficient (Wildman–Crippen LogP) is 3.50. The number of fused-ring (bicyclic) bond motifs is 1. The van der Waals surface area contributed by atoms with E-state index >= 15 is 0 Å². The third-order valence-electron chi connectivity index (χ3n) is 7.15.